The molecule has 3 aromatic rings. The Morgan fingerprint density at radius 2 is 0.821 bits per heavy atom. The van der Waals surface area contributed by atoms with Crippen molar-refractivity contribution in [3.63, 3.8) is 0 Å². The number of halogens is 4. The molecule has 28 heavy (non-hydrogen) atoms. The molecule has 3 rings (SSSR count). The number of rotatable bonds is 4. The van der Waals surface area contributed by atoms with Gasteiger partial charge in [-0.1, -0.05) is 0 Å². The van der Waals surface area contributed by atoms with Crippen molar-refractivity contribution in [2.24, 2.45) is 0 Å². The third kappa shape index (κ3) is 5.20. The quantitative estimate of drug-likeness (QED) is 0.257. The Hall–Kier alpha value is -0.840. The molecule has 0 bridgehead atoms. The molecule has 0 saturated heterocycles. The van der Waals surface area contributed by atoms with Gasteiger partial charge >= 0.3 is 0 Å². The highest BCUT2D eigenvalue weighted by Gasteiger charge is 2.10. The summed E-state index contributed by atoms with van der Waals surface area (Å²) in [4.78, 5) is 0. The van der Waals surface area contributed by atoms with Crippen molar-refractivity contribution in [3.05, 3.63) is 73.9 Å². The fourth-order valence-corrected chi connectivity index (χ4v) is 6.18. The van der Waals surface area contributed by atoms with Crippen LogP contribution in [-0.4, -0.2) is 0 Å². The van der Waals surface area contributed by atoms with E-state index in [2.05, 4.69) is 103 Å². The van der Waals surface area contributed by atoms with E-state index in [1.807, 2.05) is 48.5 Å². The highest BCUT2D eigenvalue weighted by atomic mass is 127. The second-order valence-electron chi connectivity index (χ2n) is 5.42. The maximum Gasteiger partial charge on any atom is 0.129 e. The molecule has 0 heterocycles. The lowest BCUT2D eigenvalue weighted by atomic mass is 10.2. The first-order chi connectivity index (χ1) is 13.4. The molecule has 0 aliphatic heterocycles. The molecule has 0 spiro atoms. The summed E-state index contributed by atoms with van der Waals surface area (Å²) in [6.45, 7) is 0. The molecular weight excluding hydrogens is 808 g/mol. The van der Waals surface area contributed by atoms with E-state index in [4.69, 9.17) is 20.0 Å². The first-order valence-electron chi connectivity index (χ1n) is 7.65. The first kappa shape index (κ1) is 21.9. The highest BCUT2D eigenvalue weighted by Crippen LogP contribution is 2.32. The zero-order valence-electron chi connectivity index (χ0n) is 13.8. The van der Waals surface area contributed by atoms with Crippen molar-refractivity contribution in [1.29, 1.82) is 10.5 Å². The molecule has 0 amide bonds. The molecule has 0 saturated carbocycles. The summed E-state index contributed by atoms with van der Waals surface area (Å²) in [6.07, 6.45) is 0. The smallest absolute Gasteiger partial charge is 0.129 e. The molecule has 0 N–H and O–H groups in total. The van der Waals surface area contributed by atoms with Gasteiger partial charge < -0.3 is 9.47 Å². The normalized spacial score (nSPS) is 10.1. The molecule has 0 atom stereocenters. The van der Waals surface area contributed by atoms with Crippen LogP contribution in [-0.2, 0) is 0 Å². The Bertz CT molecular complexity index is 996. The van der Waals surface area contributed by atoms with Gasteiger partial charge in [-0.05, 0) is 139 Å². The zero-order chi connectivity index (χ0) is 20.3. The highest BCUT2D eigenvalue weighted by molar-refractivity contribution is 14.1. The summed E-state index contributed by atoms with van der Waals surface area (Å²) in [5.74, 6) is 2.70. The number of nitriles is 2. The van der Waals surface area contributed by atoms with Crippen LogP contribution in [0.5, 0.6) is 23.0 Å². The van der Waals surface area contributed by atoms with Crippen molar-refractivity contribution >= 4 is 90.4 Å². The van der Waals surface area contributed by atoms with Crippen molar-refractivity contribution in [3.8, 4) is 35.1 Å². The van der Waals surface area contributed by atoms with Crippen LogP contribution in [0.1, 0.15) is 11.1 Å². The van der Waals surface area contributed by atoms with Crippen LogP contribution in [0.2, 0.25) is 0 Å². The Morgan fingerprint density at radius 3 is 1.07 bits per heavy atom. The maximum absolute atomic E-state index is 9.16. The van der Waals surface area contributed by atoms with Gasteiger partial charge in [0.05, 0.1) is 11.1 Å². The van der Waals surface area contributed by atoms with Gasteiger partial charge in [0.2, 0.25) is 0 Å². The number of hydrogen-bond donors (Lipinski definition) is 0. The average molecular weight is 816 g/mol. The summed E-state index contributed by atoms with van der Waals surface area (Å²) < 4.78 is 15.2. The fraction of sp³-hybridized carbons (Fsp3) is 0. The molecule has 8 heteroatoms. The Morgan fingerprint density at radius 1 is 0.536 bits per heavy atom. The Kier molecular flexibility index (Phi) is 7.63. The van der Waals surface area contributed by atoms with Gasteiger partial charge in [-0.25, -0.2) is 0 Å². The van der Waals surface area contributed by atoms with Crippen molar-refractivity contribution in [2.75, 3.05) is 0 Å². The fourth-order valence-electron chi connectivity index (χ4n) is 2.28. The van der Waals surface area contributed by atoms with Crippen LogP contribution >= 0.6 is 90.4 Å². The third-order valence-electron chi connectivity index (χ3n) is 3.55. The predicted molar refractivity (Wildman–Crippen MR) is 140 cm³/mol. The number of benzene rings is 3. The monoisotopic (exact) mass is 816 g/mol. The van der Waals surface area contributed by atoms with Crippen LogP contribution < -0.4 is 9.47 Å². The van der Waals surface area contributed by atoms with Gasteiger partial charge in [-0.15, -0.1) is 0 Å². The van der Waals surface area contributed by atoms with Crippen LogP contribution in [0.15, 0.2) is 48.5 Å². The van der Waals surface area contributed by atoms with E-state index in [9.17, 15) is 0 Å². The van der Waals surface area contributed by atoms with Gasteiger partial charge in [0.1, 0.15) is 35.1 Å². The summed E-state index contributed by atoms with van der Waals surface area (Å²) in [6, 6.07) is 19.1. The lowest BCUT2D eigenvalue weighted by Gasteiger charge is -2.11. The topological polar surface area (TPSA) is 66.0 Å². The van der Waals surface area contributed by atoms with Crippen LogP contribution in [0.25, 0.3) is 0 Å². The minimum Gasteiger partial charge on any atom is -0.457 e. The molecule has 0 radical (unpaired) electrons. The largest absolute Gasteiger partial charge is 0.457 e. The second-order valence-corrected chi connectivity index (χ2v) is 10.1. The Labute approximate surface area is 216 Å². The van der Waals surface area contributed by atoms with E-state index in [-0.39, 0.29) is 0 Å². The average Bonchev–Trinajstić information content (AvgIpc) is 2.63. The van der Waals surface area contributed by atoms with Gasteiger partial charge in [-0.2, -0.15) is 10.5 Å². The molecule has 0 aromatic heterocycles. The lowest BCUT2D eigenvalue weighted by Crippen LogP contribution is -1.92. The maximum atomic E-state index is 9.16. The van der Waals surface area contributed by atoms with Crippen LogP contribution in [0, 0.1) is 36.9 Å². The standard InChI is InChI=1S/C20H8I4N2O2/c21-17-5-13(6-18(22)15(17)9-25)27-11-1-2-12(4-3-11)28-14-7-19(23)16(10-26)20(24)8-14/h1-8H. The van der Waals surface area contributed by atoms with E-state index < -0.39 is 0 Å². The molecule has 0 aliphatic carbocycles. The predicted octanol–water partition coefficient (Wildman–Crippen LogP) is 7.43. The molecule has 138 valence electrons. The molecule has 0 fully saturated rings. The summed E-state index contributed by atoms with van der Waals surface area (Å²) in [5, 5.41) is 18.3. The second kappa shape index (κ2) is 9.77. The minimum atomic E-state index is 0.656. The summed E-state index contributed by atoms with van der Waals surface area (Å²) >= 11 is 8.53. The molecule has 0 unspecified atom stereocenters. The SMILES string of the molecule is N#Cc1c(I)cc(Oc2ccc(Oc3cc(I)c(C#N)c(I)c3)cc2)cc1I. The first-order valence-corrected chi connectivity index (χ1v) is 12.0. The minimum absolute atomic E-state index is 0.656. The molecular formula is C20H8I4N2O2. The van der Waals surface area contributed by atoms with E-state index in [0.29, 0.717) is 34.1 Å². The van der Waals surface area contributed by atoms with E-state index in [1.54, 1.807) is 0 Å². The zero-order valence-corrected chi connectivity index (χ0v) is 22.5. The molecule has 3 aromatic carbocycles. The number of nitrogens with zero attached hydrogens (tertiary/aromatic N) is 2. The lowest BCUT2D eigenvalue weighted by molar-refractivity contribution is 0.468. The van der Waals surface area contributed by atoms with Gasteiger partial charge in [0.15, 0.2) is 0 Å². The summed E-state index contributed by atoms with van der Waals surface area (Å²) in [7, 11) is 0. The molecule has 4 nitrogen and oxygen atoms in total. The van der Waals surface area contributed by atoms with Crippen molar-refractivity contribution in [1.82, 2.24) is 0 Å². The third-order valence-corrected chi connectivity index (χ3v) is 6.95. The van der Waals surface area contributed by atoms with Gasteiger partial charge in [-0.3, -0.25) is 0 Å². The van der Waals surface area contributed by atoms with Gasteiger partial charge in [0, 0.05) is 14.3 Å². The Balaban J connectivity index is 1.76. The van der Waals surface area contributed by atoms with E-state index in [1.165, 1.54) is 0 Å². The van der Waals surface area contributed by atoms with Crippen molar-refractivity contribution in [2.45, 2.75) is 0 Å². The number of ether oxygens (including phenoxy) is 2. The van der Waals surface area contributed by atoms with E-state index in [0.717, 1.165) is 14.3 Å². The molecule has 0 aliphatic rings. The summed E-state index contributed by atoms with van der Waals surface area (Å²) in [5.41, 5.74) is 1.31. The van der Waals surface area contributed by atoms with Gasteiger partial charge in [0.25, 0.3) is 0 Å². The van der Waals surface area contributed by atoms with Crippen molar-refractivity contribution < 1.29 is 9.47 Å². The van der Waals surface area contributed by atoms with E-state index >= 15 is 0 Å². The van der Waals surface area contributed by atoms with Crippen LogP contribution in [0.3, 0.4) is 0 Å². The number of hydrogen-bond acceptors (Lipinski definition) is 4. The van der Waals surface area contributed by atoms with Crippen LogP contribution in [0.4, 0.5) is 0 Å².